The first-order chi connectivity index (χ1) is 9.24. The minimum Gasteiger partial charge on any atom is -0.497 e. The predicted molar refractivity (Wildman–Crippen MR) is 71.6 cm³/mol. The third-order valence-corrected chi connectivity index (χ3v) is 2.62. The summed E-state index contributed by atoms with van der Waals surface area (Å²) in [5.74, 6) is 1.46. The lowest BCUT2D eigenvalue weighted by Crippen LogP contribution is -1.92. The molecule has 2 aromatic rings. The lowest BCUT2D eigenvalue weighted by Gasteiger charge is -2.06. The van der Waals surface area contributed by atoms with Crippen LogP contribution in [0.3, 0.4) is 0 Å². The Morgan fingerprint density at radius 2 is 2.05 bits per heavy atom. The smallest absolute Gasteiger partial charge is 0.221 e. The van der Waals surface area contributed by atoms with Crippen LogP contribution in [0.25, 0.3) is 6.08 Å². The maximum Gasteiger partial charge on any atom is 0.221 e. The van der Waals surface area contributed by atoms with E-state index in [9.17, 15) is 4.79 Å². The molecule has 0 amide bonds. The Hall–Kier alpha value is -2.49. The Morgan fingerprint density at radius 3 is 2.68 bits per heavy atom. The number of carbonyl (C=O) groups is 1. The molecule has 1 aromatic heterocycles. The fourth-order valence-electron chi connectivity index (χ4n) is 1.62. The van der Waals surface area contributed by atoms with Gasteiger partial charge in [-0.25, -0.2) is 0 Å². The molecule has 1 heterocycles. The van der Waals surface area contributed by atoms with E-state index in [0.717, 1.165) is 5.56 Å². The number of allylic oxidation sites excluding steroid dienone is 1. The standard InChI is InChI=1S/C15H14O4/c1-17-12-7-5-11(15(10-12)18-2)6-8-13(16)14-4-3-9-19-14/h3-10H,1-2H3. The molecule has 98 valence electrons. The molecule has 0 aliphatic carbocycles. The van der Waals surface area contributed by atoms with Crippen LogP contribution in [0.1, 0.15) is 16.1 Å². The van der Waals surface area contributed by atoms with Gasteiger partial charge in [0.15, 0.2) is 5.76 Å². The van der Waals surface area contributed by atoms with E-state index < -0.39 is 0 Å². The van der Waals surface area contributed by atoms with E-state index in [0.29, 0.717) is 17.3 Å². The normalized spacial score (nSPS) is 10.6. The van der Waals surface area contributed by atoms with Gasteiger partial charge in [0.05, 0.1) is 20.5 Å². The molecule has 0 unspecified atom stereocenters. The maximum atomic E-state index is 11.8. The number of hydrogen-bond acceptors (Lipinski definition) is 4. The number of hydrogen-bond donors (Lipinski definition) is 0. The van der Waals surface area contributed by atoms with Crippen molar-refractivity contribution in [2.45, 2.75) is 0 Å². The molecular formula is C15H14O4. The van der Waals surface area contributed by atoms with Crippen LogP contribution in [0.5, 0.6) is 11.5 Å². The van der Waals surface area contributed by atoms with Gasteiger partial charge >= 0.3 is 0 Å². The van der Waals surface area contributed by atoms with Crippen molar-refractivity contribution in [3.63, 3.8) is 0 Å². The molecule has 4 heteroatoms. The molecule has 0 atom stereocenters. The van der Waals surface area contributed by atoms with Gasteiger partial charge < -0.3 is 13.9 Å². The maximum absolute atomic E-state index is 11.8. The number of furan rings is 1. The Balaban J connectivity index is 2.21. The van der Waals surface area contributed by atoms with Crippen LogP contribution in [0.15, 0.2) is 47.1 Å². The molecule has 2 rings (SSSR count). The van der Waals surface area contributed by atoms with Crippen LogP contribution in [0, 0.1) is 0 Å². The van der Waals surface area contributed by atoms with Crippen molar-refractivity contribution in [3.05, 3.63) is 54.0 Å². The number of ether oxygens (including phenoxy) is 2. The second kappa shape index (κ2) is 5.91. The van der Waals surface area contributed by atoms with Crippen LogP contribution < -0.4 is 9.47 Å². The summed E-state index contributed by atoms with van der Waals surface area (Å²) in [6.45, 7) is 0. The number of methoxy groups -OCH3 is 2. The van der Waals surface area contributed by atoms with Crippen molar-refractivity contribution >= 4 is 11.9 Å². The predicted octanol–water partition coefficient (Wildman–Crippen LogP) is 3.19. The van der Waals surface area contributed by atoms with Crippen molar-refractivity contribution in [1.82, 2.24) is 0 Å². The van der Waals surface area contributed by atoms with Gasteiger partial charge in [-0.3, -0.25) is 4.79 Å². The highest BCUT2D eigenvalue weighted by Gasteiger charge is 2.06. The number of rotatable bonds is 5. The van der Waals surface area contributed by atoms with E-state index in [1.165, 1.54) is 12.3 Å². The lowest BCUT2D eigenvalue weighted by atomic mass is 10.1. The van der Waals surface area contributed by atoms with Crippen LogP contribution in [-0.4, -0.2) is 20.0 Å². The highest BCUT2D eigenvalue weighted by molar-refractivity contribution is 6.05. The van der Waals surface area contributed by atoms with Gasteiger partial charge in [0.25, 0.3) is 0 Å². The molecule has 19 heavy (non-hydrogen) atoms. The van der Waals surface area contributed by atoms with Gasteiger partial charge in [-0.15, -0.1) is 0 Å². The van der Waals surface area contributed by atoms with E-state index in [2.05, 4.69) is 0 Å². The molecule has 0 saturated heterocycles. The highest BCUT2D eigenvalue weighted by Crippen LogP contribution is 2.25. The summed E-state index contributed by atoms with van der Waals surface area (Å²) in [6, 6.07) is 8.69. The minimum absolute atomic E-state index is 0.192. The highest BCUT2D eigenvalue weighted by atomic mass is 16.5. The molecule has 0 N–H and O–H groups in total. The molecule has 4 nitrogen and oxygen atoms in total. The molecule has 0 fully saturated rings. The zero-order chi connectivity index (χ0) is 13.7. The van der Waals surface area contributed by atoms with Crippen molar-refractivity contribution < 1.29 is 18.7 Å². The second-order valence-corrected chi connectivity index (χ2v) is 3.78. The number of carbonyl (C=O) groups excluding carboxylic acids is 1. The summed E-state index contributed by atoms with van der Waals surface area (Å²) in [5.41, 5.74) is 0.795. The van der Waals surface area contributed by atoms with Crippen molar-refractivity contribution in [1.29, 1.82) is 0 Å². The van der Waals surface area contributed by atoms with Gasteiger partial charge in [0, 0.05) is 11.6 Å². The fraction of sp³-hybridized carbons (Fsp3) is 0.133. The Bertz CT molecular complexity index is 582. The summed E-state index contributed by atoms with van der Waals surface area (Å²) in [6.07, 6.45) is 4.60. The van der Waals surface area contributed by atoms with Gasteiger partial charge in [0.1, 0.15) is 11.5 Å². The molecule has 0 saturated carbocycles. The van der Waals surface area contributed by atoms with Crippen molar-refractivity contribution in [2.24, 2.45) is 0 Å². The summed E-state index contributed by atoms with van der Waals surface area (Å²) in [4.78, 5) is 11.8. The largest absolute Gasteiger partial charge is 0.497 e. The molecule has 0 spiro atoms. The van der Waals surface area contributed by atoms with Gasteiger partial charge in [-0.1, -0.05) is 0 Å². The van der Waals surface area contributed by atoms with Gasteiger partial charge in [0.2, 0.25) is 5.78 Å². The van der Waals surface area contributed by atoms with E-state index in [-0.39, 0.29) is 5.78 Å². The first-order valence-electron chi connectivity index (χ1n) is 5.72. The molecule has 1 aromatic carbocycles. The summed E-state index contributed by atoms with van der Waals surface area (Å²) in [5, 5.41) is 0. The van der Waals surface area contributed by atoms with Gasteiger partial charge in [-0.2, -0.15) is 0 Å². The SMILES string of the molecule is COc1ccc(C=CC(=O)c2ccco2)c(OC)c1. The van der Waals surface area contributed by atoms with E-state index >= 15 is 0 Å². The van der Waals surface area contributed by atoms with Crippen LogP contribution in [0.4, 0.5) is 0 Å². The van der Waals surface area contributed by atoms with Crippen molar-refractivity contribution in [3.8, 4) is 11.5 Å². The zero-order valence-corrected chi connectivity index (χ0v) is 10.8. The molecule has 0 bridgehead atoms. The number of benzene rings is 1. The van der Waals surface area contributed by atoms with Crippen LogP contribution in [0.2, 0.25) is 0 Å². The summed E-state index contributed by atoms with van der Waals surface area (Å²) in [7, 11) is 3.16. The molecule has 0 radical (unpaired) electrons. The average molecular weight is 258 g/mol. The second-order valence-electron chi connectivity index (χ2n) is 3.78. The zero-order valence-electron chi connectivity index (χ0n) is 10.8. The Kier molecular flexibility index (Phi) is 4.03. The number of ketones is 1. The van der Waals surface area contributed by atoms with E-state index in [1.54, 1.807) is 44.6 Å². The van der Waals surface area contributed by atoms with E-state index in [1.807, 2.05) is 6.07 Å². The molecule has 0 aliphatic rings. The average Bonchev–Trinajstić information content (AvgIpc) is 2.98. The summed E-state index contributed by atoms with van der Waals surface area (Å²) >= 11 is 0. The summed E-state index contributed by atoms with van der Waals surface area (Å²) < 4.78 is 15.4. The quantitative estimate of drug-likeness (QED) is 0.610. The van der Waals surface area contributed by atoms with Crippen LogP contribution >= 0.6 is 0 Å². The fourth-order valence-corrected chi connectivity index (χ4v) is 1.62. The monoisotopic (exact) mass is 258 g/mol. The first-order valence-corrected chi connectivity index (χ1v) is 5.72. The van der Waals surface area contributed by atoms with Crippen LogP contribution in [-0.2, 0) is 0 Å². The third-order valence-electron chi connectivity index (χ3n) is 2.62. The minimum atomic E-state index is -0.192. The lowest BCUT2D eigenvalue weighted by molar-refractivity contribution is 0.102. The molecule has 0 aliphatic heterocycles. The Labute approximate surface area is 111 Å². The topological polar surface area (TPSA) is 48.7 Å². The first kappa shape index (κ1) is 13.0. The Morgan fingerprint density at radius 1 is 1.21 bits per heavy atom. The van der Waals surface area contributed by atoms with Gasteiger partial charge in [-0.05, 0) is 36.4 Å². The van der Waals surface area contributed by atoms with Crippen molar-refractivity contribution in [2.75, 3.05) is 14.2 Å². The van der Waals surface area contributed by atoms with E-state index in [4.69, 9.17) is 13.9 Å². The molecular weight excluding hydrogens is 244 g/mol. The third kappa shape index (κ3) is 3.04.